The average Bonchev–Trinajstić information content (AvgIpc) is 3.01. The molecule has 1 atom stereocenters. The Hall–Kier alpha value is -2.62. The number of esters is 2. The number of nitrogens with zero attached hydrogens (tertiary/aromatic N) is 1. The molecule has 5 nitrogen and oxygen atoms in total. The van der Waals surface area contributed by atoms with Crippen molar-refractivity contribution < 1.29 is 58.6 Å². The molecule has 0 spiro atoms. The smallest absolute Gasteiger partial charge is 0.380 e. The van der Waals surface area contributed by atoms with E-state index in [-0.39, 0.29) is 19.0 Å². The Balaban J connectivity index is 0.000000302. The number of hydrogen-bond acceptors (Lipinski definition) is 5. The molecule has 0 aliphatic carbocycles. The van der Waals surface area contributed by atoms with E-state index in [1.165, 1.54) is 11.3 Å². The van der Waals surface area contributed by atoms with Gasteiger partial charge in [-0.2, -0.15) is 39.5 Å². The fraction of sp³-hybridized carbons (Fsp3) is 0.350. The molecule has 0 fully saturated rings. The minimum Gasteiger partial charge on any atom is -0.380 e. The summed E-state index contributed by atoms with van der Waals surface area (Å²) in [5.41, 5.74) is 1.92. The highest BCUT2D eigenvalue weighted by Gasteiger charge is 2.49. The quantitative estimate of drug-likeness (QED) is 0.233. The second kappa shape index (κ2) is 11.2. The first-order valence-corrected chi connectivity index (χ1v) is 11.2. The third-order valence-corrected chi connectivity index (χ3v) is 6.76. The number of rotatable bonds is 1. The Morgan fingerprint density at radius 3 is 1.89 bits per heavy atom. The van der Waals surface area contributed by atoms with E-state index in [4.69, 9.17) is 0 Å². The average molecular weight is 614 g/mol. The van der Waals surface area contributed by atoms with Gasteiger partial charge in [0.15, 0.2) is 0 Å². The molecule has 1 amide bonds. The molecule has 1 aromatic heterocycles. The SMILES string of the molecule is O=C(N1CCc2c(Br)csc2C(c2ccccc2)C1)C(F)(F)F.O=C(OC(=O)C(F)(F)F)C(F)(F)F. The summed E-state index contributed by atoms with van der Waals surface area (Å²) >= 11 is 4.99. The van der Waals surface area contributed by atoms with Crippen molar-refractivity contribution in [3.63, 3.8) is 0 Å². The predicted octanol–water partition coefficient (Wildman–Crippen LogP) is 5.77. The normalized spacial score (nSPS) is 16.3. The third-order valence-electron chi connectivity index (χ3n) is 4.61. The summed E-state index contributed by atoms with van der Waals surface area (Å²) in [6.07, 6.45) is -15.7. The number of carbonyl (C=O) groups is 3. The van der Waals surface area contributed by atoms with Crippen LogP contribution in [0.1, 0.15) is 21.9 Å². The van der Waals surface area contributed by atoms with Crippen LogP contribution in [0.2, 0.25) is 0 Å². The van der Waals surface area contributed by atoms with Crippen LogP contribution in [-0.4, -0.2) is 54.4 Å². The Labute approximate surface area is 208 Å². The molecule has 198 valence electrons. The van der Waals surface area contributed by atoms with E-state index < -0.39 is 36.4 Å². The molecule has 0 N–H and O–H groups in total. The molecule has 2 heterocycles. The van der Waals surface area contributed by atoms with Gasteiger partial charge >= 0.3 is 36.4 Å². The molecule has 36 heavy (non-hydrogen) atoms. The summed E-state index contributed by atoms with van der Waals surface area (Å²) in [5, 5.41) is 1.96. The van der Waals surface area contributed by atoms with E-state index in [9.17, 15) is 53.9 Å². The molecule has 16 heteroatoms. The number of hydrogen-bond donors (Lipinski definition) is 0. The van der Waals surface area contributed by atoms with Crippen LogP contribution >= 0.6 is 27.3 Å². The second-order valence-corrected chi connectivity index (χ2v) is 8.83. The minimum atomic E-state index is -5.62. The lowest BCUT2D eigenvalue weighted by atomic mass is 9.95. The Morgan fingerprint density at radius 2 is 1.42 bits per heavy atom. The van der Waals surface area contributed by atoms with Crippen LogP contribution in [0, 0.1) is 0 Å². The van der Waals surface area contributed by atoms with Crippen LogP contribution in [-0.2, 0) is 25.5 Å². The van der Waals surface area contributed by atoms with Crippen LogP contribution in [0.3, 0.4) is 0 Å². The van der Waals surface area contributed by atoms with Gasteiger partial charge in [0.1, 0.15) is 0 Å². The maximum Gasteiger partial charge on any atom is 0.491 e. The van der Waals surface area contributed by atoms with Crippen molar-refractivity contribution in [3.05, 3.63) is 56.2 Å². The van der Waals surface area contributed by atoms with Gasteiger partial charge in [0, 0.05) is 33.7 Å². The van der Waals surface area contributed by atoms with Gasteiger partial charge in [-0.25, -0.2) is 9.59 Å². The highest BCUT2D eigenvalue weighted by Crippen LogP contribution is 2.40. The number of benzene rings is 1. The summed E-state index contributed by atoms with van der Waals surface area (Å²) in [5.74, 6) is -8.40. The summed E-state index contributed by atoms with van der Waals surface area (Å²) < 4.78 is 109. The third kappa shape index (κ3) is 7.69. The van der Waals surface area contributed by atoms with Gasteiger partial charge in [-0.3, -0.25) is 4.79 Å². The van der Waals surface area contributed by atoms with E-state index in [2.05, 4.69) is 20.7 Å². The zero-order chi connectivity index (χ0) is 27.5. The monoisotopic (exact) mass is 613 g/mol. The summed E-state index contributed by atoms with van der Waals surface area (Å²) in [7, 11) is 0. The van der Waals surface area contributed by atoms with Crippen molar-refractivity contribution in [2.45, 2.75) is 30.9 Å². The lowest BCUT2D eigenvalue weighted by Gasteiger charge is -2.25. The first-order valence-electron chi connectivity index (χ1n) is 9.49. The zero-order valence-electron chi connectivity index (χ0n) is 17.4. The van der Waals surface area contributed by atoms with Gasteiger partial charge in [0.05, 0.1) is 0 Å². The number of halogens is 10. The first kappa shape index (κ1) is 29.6. The summed E-state index contributed by atoms with van der Waals surface area (Å²) in [4.78, 5) is 33.0. The molecule has 0 radical (unpaired) electrons. The molecule has 1 aromatic carbocycles. The number of carbonyl (C=O) groups excluding carboxylic acids is 3. The topological polar surface area (TPSA) is 63.7 Å². The van der Waals surface area contributed by atoms with Crippen LogP contribution in [0.4, 0.5) is 39.5 Å². The summed E-state index contributed by atoms with van der Waals surface area (Å²) in [6, 6.07) is 9.37. The van der Waals surface area contributed by atoms with Crippen molar-refractivity contribution in [3.8, 4) is 0 Å². The van der Waals surface area contributed by atoms with Crippen molar-refractivity contribution in [1.82, 2.24) is 4.90 Å². The van der Waals surface area contributed by atoms with Gasteiger partial charge in [-0.15, -0.1) is 11.3 Å². The van der Waals surface area contributed by atoms with E-state index in [1.54, 1.807) is 0 Å². The molecule has 1 aliphatic rings. The lowest BCUT2D eigenvalue weighted by Crippen LogP contribution is -2.43. The molecule has 3 rings (SSSR count). The molecular weight excluding hydrogens is 601 g/mol. The van der Waals surface area contributed by atoms with E-state index in [0.717, 1.165) is 25.4 Å². The number of thiophene rings is 1. The molecule has 0 saturated carbocycles. The van der Waals surface area contributed by atoms with E-state index in [1.807, 2.05) is 35.7 Å². The molecule has 0 saturated heterocycles. The molecule has 1 unspecified atom stereocenters. The zero-order valence-corrected chi connectivity index (χ0v) is 19.8. The predicted molar refractivity (Wildman–Crippen MR) is 110 cm³/mol. The van der Waals surface area contributed by atoms with Gasteiger partial charge in [-0.05, 0) is 33.5 Å². The minimum absolute atomic E-state index is 0.0440. The van der Waals surface area contributed by atoms with Gasteiger partial charge in [0.2, 0.25) is 0 Å². The lowest BCUT2D eigenvalue weighted by molar-refractivity contribution is -0.221. The fourth-order valence-electron chi connectivity index (χ4n) is 3.06. The standard InChI is InChI=1S/C16H13BrF3NOS.C4F6O3/c17-13-9-23-14-11(13)6-7-21(15(22)16(18,19)20)8-12(14)10-4-2-1-3-5-10;5-3(6,7)1(11)13-2(12)4(8,9)10/h1-5,9,12H,6-8H2;. The molecular formula is C20H13BrF9NO4S. The molecule has 0 bridgehead atoms. The fourth-order valence-corrected chi connectivity index (χ4v) is 4.98. The molecule has 2 aromatic rings. The Bertz CT molecular complexity index is 1070. The van der Waals surface area contributed by atoms with Crippen molar-refractivity contribution >= 4 is 45.1 Å². The van der Waals surface area contributed by atoms with Gasteiger partial charge < -0.3 is 9.64 Å². The number of amides is 1. The van der Waals surface area contributed by atoms with Gasteiger partial charge in [0.25, 0.3) is 0 Å². The second-order valence-electron chi connectivity index (χ2n) is 7.06. The van der Waals surface area contributed by atoms with Crippen LogP contribution in [0.5, 0.6) is 0 Å². The van der Waals surface area contributed by atoms with Crippen LogP contribution < -0.4 is 0 Å². The largest absolute Gasteiger partial charge is 0.491 e. The van der Waals surface area contributed by atoms with Gasteiger partial charge in [-0.1, -0.05) is 30.3 Å². The highest BCUT2D eigenvalue weighted by atomic mass is 79.9. The van der Waals surface area contributed by atoms with Crippen LogP contribution in [0.15, 0.2) is 40.2 Å². The Kier molecular flexibility index (Phi) is 9.20. The summed E-state index contributed by atoms with van der Waals surface area (Å²) in [6.45, 7) is 0.117. The molecule has 1 aliphatic heterocycles. The van der Waals surface area contributed by atoms with Crippen molar-refractivity contribution in [1.29, 1.82) is 0 Å². The number of alkyl halides is 9. The van der Waals surface area contributed by atoms with Crippen LogP contribution in [0.25, 0.3) is 0 Å². The van der Waals surface area contributed by atoms with E-state index >= 15 is 0 Å². The highest BCUT2D eigenvalue weighted by molar-refractivity contribution is 9.10. The number of ether oxygens (including phenoxy) is 1. The maximum atomic E-state index is 12.8. The maximum absolute atomic E-state index is 12.8. The van der Waals surface area contributed by atoms with Crippen molar-refractivity contribution in [2.24, 2.45) is 0 Å². The Morgan fingerprint density at radius 1 is 0.889 bits per heavy atom. The first-order chi connectivity index (χ1) is 16.4. The van der Waals surface area contributed by atoms with E-state index in [0.29, 0.717) is 6.42 Å². The number of fused-ring (bicyclic) bond motifs is 1. The van der Waals surface area contributed by atoms with Crippen molar-refractivity contribution in [2.75, 3.05) is 13.1 Å².